The summed E-state index contributed by atoms with van der Waals surface area (Å²) < 4.78 is 10.9. The van der Waals surface area contributed by atoms with Crippen molar-refractivity contribution in [1.29, 1.82) is 0 Å². The molecule has 0 saturated carbocycles. The monoisotopic (exact) mass is 251 g/mol. The third kappa shape index (κ3) is 4.22. The summed E-state index contributed by atoms with van der Waals surface area (Å²) in [6, 6.07) is 6.52. The Hall–Kier alpha value is -1.22. The van der Waals surface area contributed by atoms with E-state index in [4.69, 9.17) is 9.47 Å². The van der Waals surface area contributed by atoms with E-state index in [1.54, 1.807) is 7.11 Å². The molecule has 0 bridgehead atoms. The minimum Gasteiger partial charge on any atom is -0.492 e. The highest BCUT2D eigenvalue weighted by molar-refractivity contribution is 5.58. The Bertz CT molecular complexity index is 364. The van der Waals surface area contributed by atoms with Gasteiger partial charge in [-0.15, -0.1) is 0 Å². The second-order valence-electron chi connectivity index (χ2n) is 4.88. The number of hydrogen-bond acceptors (Lipinski definition) is 3. The average Bonchev–Trinajstić information content (AvgIpc) is 2.31. The molecule has 1 aromatic carbocycles. The number of nitrogens with one attached hydrogen (secondary N) is 1. The molecular formula is C15H25NO2. The number of rotatable bonds is 7. The van der Waals surface area contributed by atoms with Gasteiger partial charge >= 0.3 is 0 Å². The summed E-state index contributed by atoms with van der Waals surface area (Å²) >= 11 is 0. The van der Waals surface area contributed by atoms with Crippen LogP contribution < -0.4 is 10.1 Å². The summed E-state index contributed by atoms with van der Waals surface area (Å²) in [5.74, 6) is 1.42. The molecule has 0 heterocycles. The lowest BCUT2D eigenvalue weighted by Gasteiger charge is -2.24. The van der Waals surface area contributed by atoms with Crippen molar-refractivity contribution in [2.75, 3.05) is 25.6 Å². The van der Waals surface area contributed by atoms with Gasteiger partial charge in [0.2, 0.25) is 0 Å². The minimum absolute atomic E-state index is 0.289. The van der Waals surface area contributed by atoms with Crippen LogP contribution in [0, 0.1) is 12.8 Å². The Morgan fingerprint density at radius 1 is 1.28 bits per heavy atom. The van der Waals surface area contributed by atoms with Gasteiger partial charge in [-0.05, 0) is 37.5 Å². The Morgan fingerprint density at radius 3 is 2.56 bits per heavy atom. The fourth-order valence-corrected chi connectivity index (χ4v) is 1.80. The van der Waals surface area contributed by atoms with Crippen LogP contribution in [-0.4, -0.2) is 26.4 Å². The molecule has 102 valence electrons. The van der Waals surface area contributed by atoms with Crippen LogP contribution in [0.3, 0.4) is 0 Å². The number of hydrogen-bond donors (Lipinski definition) is 1. The minimum atomic E-state index is 0.289. The Balaban J connectivity index is 2.86. The van der Waals surface area contributed by atoms with Crippen molar-refractivity contribution >= 4 is 5.69 Å². The van der Waals surface area contributed by atoms with Crippen molar-refractivity contribution in [1.82, 2.24) is 0 Å². The molecular weight excluding hydrogens is 226 g/mol. The van der Waals surface area contributed by atoms with E-state index in [1.807, 2.05) is 6.92 Å². The van der Waals surface area contributed by atoms with Gasteiger partial charge in [0.15, 0.2) is 0 Å². The zero-order valence-corrected chi connectivity index (χ0v) is 12.1. The SMILES string of the molecule is CCOc1cc(C)ccc1NC(COC)C(C)C. The highest BCUT2D eigenvalue weighted by atomic mass is 16.5. The molecule has 3 nitrogen and oxygen atoms in total. The summed E-state index contributed by atoms with van der Waals surface area (Å²) in [5, 5.41) is 3.51. The standard InChI is InChI=1S/C15H25NO2/c1-6-18-15-9-12(4)7-8-13(15)16-14(10-17-5)11(2)3/h7-9,11,14,16H,6,10H2,1-5H3. The molecule has 0 aliphatic rings. The molecule has 0 radical (unpaired) electrons. The van der Waals surface area contributed by atoms with E-state index in [0.717, 1.165) is 11.4 Å². The predicted molar refractivity (Wildman–Crippen MR) is 76.5 cm³/mol. The average molecular weight is 251 g/mol. The van der Waals surface area contributed by atoms with Gasteiger partial charge in [0, 0.05) is 7.11 Å². The lowest BCUT2D eigenvalue weighted by Crippen LogP contribution is -2.30. The number of ether oxygens (including phenoxy) is 2. The molecule has 0 amide bonds. The lowest BCUT2D eigenvalue weighted by molar-refractivity contribution is 0.171. The Morgan fingerprint density at radius 2 is 2.00 bits per heavy atom. The molecule has 0 saturated heterocycles. The maximum atomic E-state index is 5.67. The molecule has 1 atom stereocenters. The molecule has 1 unspecified atom stereocenters. The maximum absolute atomic E-state index is 5.67. The molecule has 0 fully saturated rings. The van der Waals surface area contributed by atoms with Gasteiger partial charge in [-0.2, -0.15) is 0 Å². The van der Waals surface area contributed by atoms with Crippen molar-refractivity contribution in [3.05, 3.63) is 23.8 Å². The van der Waals surface area contributed by atoms with Crippen LogP contribution in [0.2, 0.25) is 0 Å². The highest BCUT2D eigenvalue weighted by Gasteiger charge is 2.15. The van der Waals surface area contributed by atoms with E-state index < -0.39 is 0 Å². The molecule has 0 spiro atoms. The fourth-order valence-electron chi connectivity index (χ4n) is 1.80. The first-order valence-corrected chi connectivity index (χ1v) is 6.57. The molecule has 1 rings (SSSR count). The highest BCUT2D eigenvalue weighted by Crippen LogP contribution is 2.27. The first-order chi connectivity index (χ1) is 8.58. The van der Waals surface area contributed by atoms with E-state index in [-0.39, 0.29) is 6.04 Å². The normalized spacial score (nSPS) is 12.6. The molecule has 1 aromatic rings. The van der Waals surface area contributed by atoms with E-state index in [9.17, 15) is 0 Å². The predicted octanol–water partition coefficient (Wildman–Crippen LogP) is 3.48. The summed E-state index contributed by atoms with van der Waals surface area (Å²) in [7, 11) is 1.73. The fraction of sp³-hybridized carbons (Fsp3) is 0.600. The van der Waals surface area contributed by atoms with Crippen molar-refractivity contribution in [2.45, 2.75) is 33.7 Å². The Labute approximate surface area is 110 Å². The van der Waals surface area contributed by atoms with E-state index >= 15 is 0 Å². The summed E-state index contributed by atoms with van der Waals surface area (Å²) in [6.07, 6.45) is 0. The van der Waals surface area contributed by atoms with Gasteiger partial charge in [-0.1, -0.05) is 19.9 Å². The number of anilines is 1. The summed E-state index contributed by atoms with van der Waals surface area (Å²) in [5.41, 5.74) is 2.25. The van der Waals surface area contributed by atoms with Crippen molar-refractivity contribution in [2.24, 2.45) is 5.92 Å². The lowest BCUT2D eigenvalue weighted by atomic mass is 10.0. The third-order valence-corrected chi connectivity index (χ3v) is 2.93. The second-order valence-corrected chi connectivity index (χ2v) is 4.88. The van der Waals surface area contributed by atoms with Gasteiger partial charge in [0.05, 0.1) is 24.9 Å². The van der Waals surface area contributed by atoms with Gasteiger partial charge in [0.1, 0.15) is 5.75 Å². The zero-order chi connectivity index (χ0) is 13.5. The van der Waals surface area contributed by atoms with Crippen LogP contribution in [0.1, 0.15) is 26.3 Å². The summed E-state index contributed by atoms with van der Waals surface area (Å²) in [6.45, 7) is 9.81. The first-order valence-electron chi connectivity index (χ1n) is 6.57. The number of benzene rings is 1. The molecule has 3 heteroatoms. The van der Waals surface area contributed by atoms with Crippen LogP contribution in [0.4, 0.5) is 5.69 Å². The van der Waals surface area contributed by atoms with E-state index in [0.29, 0.717) is 19.1 Å². The van der Waals surface area contributed by atoms with Crippen LogP contribution in [0.15, 0.2) is 18.2 Å². The maximum Gasteiger partial charge on any atom is 0.142 e. The van der Waals surface area contributed by atoms with Gasteiger partial charge in [-0.3, -0.25) is 0 Å². The molecule has 0 aromatic heterocycles. The van der Waals surface area contributed by atoms with Crippen molar-refractivity contribution in [3.63, 3.8) is 0 Å². The first kappa shape index (κ1) is 14.8. The summed E-state index contributed by atoms with van der Waals surface area (Å²) in [4.78, 5) is 0. The molecule has 0 aliphatic heterocycles. The van der Waals surface area contributed by atoms with Crippen LogP contribution in [0.25, 0.3) is 0 Å². The van der Waals surface area contributed by atoms with Gasteiger partial charge in [0.25, 0.3) is 0 Å². The smallest absolute Gasteiger partial charge is 0.142 e. The van der Waals surface area contributed by atoms with Gasteiger partial charge in [-0.25, -0.2) is 0 Å². The second kappa shape index (κ2) is 7.27. The zero-order valence-electron chi connectivity index (χ0n) is 12.1. The molecule has 0 aliphatic carbocycles. The van der Waals surface area contributed by atoms with Crippen LogP contribution in [-0.2, 0) is 4.74 Å². The van der Waals surface area contributed by atoms with E-state index in [1.165, 1.54) is 5.56 Å². The molecule has 18 heavy (non-hydrogen) atoms. The van der Waals surface area contributed by atoms with Gasteiger partial charge < -0.3 is 14.8 Å². The number of aryl methyl sites for hydroxylation is 1. The topological polar surface area (TPSA) is 30.5 Å². The Kier molecular flexibility index (Phi) is 5.99. The largest absolute Gasteiger partial charge is 0.492 e. The quantitative estimate of drug-likeness (QED) is 0.805. The number of methoxy groups -OCH3 is 1. The van der Waals surface area contributed by atoms with Crippen molar-refractivity contribution < 1.29 is 9.47 Å². The van der Waals surface area contributed by atoms with E-state index in [2.05, 4.69) is 44.3 Å². The van der Waals surface area contributed by atoms with Crippen molar-refractivity contribution in [3.8, 4) is 5.75 Å². The third-order valence-electron chi connectivity index (χ3n) is 2.93. The molecule has 1 N–H and O–H groups in total. The van der Waals surface area contributed by atoms with Crippen LogP contribution >= 0.6 is 0 Å². The van der Waals surface area contributed by atoms with Crippen LogP contribution in [0.5, 0.6) is 5.75 Å².